The molecular weight excluding hydrogens is 248 g/mol. The third-order valence-corrected chi connectivity index (χ3v) is 2.12. The van der Waals surface area contributed by atoms with E-state index in [0.29, 0.717) is 17.8 Å². The van der Waals surface area contributed by atoms with Crippen LogP contribution in [-0.2, 0) is 16.0 Å². The van der Waals surface area contributed by atoms with E-state index in [4.69, 9.17) is 9.84 Å². The Kier molecular flexibility index (Phi) is 4.86. The Morgan fingerprint density at radius 2 is 2.11 bits per heavy atom. The molecule has 0 saturated heterocycles. The molecule has 1 heterocycles. The molecule has 0 fully saturated rings. The van der Waals surface area contributed by atoms with Crippen LogP contribution in [0.1, 0.15) is 32.8 Å². The zero-order chi connectivity index (χ0) is 14.5. The maximum Gasteiger partial charge on any atom is 0.413 e. The van der Waals surface area contributed by atoms with Crippen molar-refractivity contribution in [2.45, 2.75) is 39.2 Å². The Morgan fingerprint density at radius 3 is 2.68 bits per heavy atom. The number of amides is 1. The third-order valence-electron chi connectivity index (χ3n) is 2.12. The van der Waals surface area contributed by atoms with Crippen molar-refractivity contribution in [1.29, 1.82) is 0 Å². The predicted molar refractivity (Wildman–Crippen MR) is 70.1 cm³/mol. The molecule has 0 bridgehead atoms. The second-order valence-electron chi connectivity index (χ2n) is 5.03. The van der Waals surface area contributed by atoms with Crippen molar-refractivity contribution < 1.29 is 19.4 Å². The minimum absolute atomic E-state index is 0.0192. The SMILES string of the molecule is CC(C)(C)OC(=O)Nc1ncccc1CCC(=O)O. The molecular formula is C13H18N2O4. The summed E-state index contributed by atoms with van der Waals surface area (Å²) < 4.78 is 5.12. The monoisotopic (exact) mass is 266 g/mol. The molecule has 1 aromatic rings. The summed E-state index contributed by atoms with van der Waals surface area (Å²) in [7, 11) is 0. The highest BCUT2D eigenvalue weighted by Gasteiger charge is 2.17. The summed E-state index contributed by atoms with van der Waals surface area (Å²) in [6.45, 7) is 5.28. The summed E-state index contributed by atoms with van der Waals surface area (Å²) in [6, 6.07) is 3.42. The molecule has 0 spiro atoms. The molecule has 6 nitrogen and oxygen atoms in total. The van der Waals surface area contributed by atoms with Gasteiger partial charge in [0.25, 0.3) is 0 Å². The first-order valence-electron chi connectivity index (χ1n) is 5.93. The standard InChI is InChI=1S/C13H18N2O4/c1-13(2,3)19-12(18)15-11-9(5-4-8-14-11)6-7-10(16)17/h4-5,8H,6-7H2,1-3H3,(H,16,17)(H,14,15,18). The van der Waals surface area contributed by atoms with E-state index < -0.39 is 17.7 Å². The van der Waals surface area contributed by atoms with E-state index in [0.717, 1.165) is 0 Å². The molecule has 2 N–H and O–H groups in total. The number of carbonyl (C=O) groups excluding carboxylic acids is 1. The van der Waals surface area contributed by atoms with Crippen LogP contribution in [0.4, 0.5) is 10.6 Å². The second-order valence-corrected chi connectivity index (χ2v) is 5.03. The van der Waals surface area contributed by atoms with Crippen LogP contribution in [0.2, 0.25) is 0 Å². The van der Waals surface area contributed by atoms with Gasteiger partial charge in [-0.15, -0.1) is 0 Å². The molecule has 0 saturated carbocycles. The maximum absolute atomic E-state index is 11.6. The van der Waals surface area contributed by atoms with Gasteiger partial charge < -0.3 is 9.84 Å². The number of rotatable bonds is 4. The summed E-state index contributed by atoms with van der Waals surface area (Å²) in [5.41, 5.74) is 0.0656. The third kappa shape index (κ3) is 5.85. The molecule has 0 aliphatic carbocycles. The lowest BCUT2D eigenvalue weighted by molar-refractivity contribution is -0.136. The maximum atomic E-state index is 11.6. The fraction of sp³-hybridized carbons (Fsp3) is 0.462. The van der Waals surface area contributed by atoms with Crippen LogP contribution < -0.4 is 5.32 Å². The van der Waals surface area contributed by atoms with Crippen LogP contribution >= 0.6 is 0 Å². The largest absolute Gasteiger partial charge is 0.481 e. The molecule has 1 rings (SSSR count). The van der Waals surface area contributed by atoms with E-state index in [1.165, 1.54) is 6.20 Å². The molecule has 0 aliphatic heterocycles. The van der Waals surface area contributed by atoms with Gasteiger partial charge in [-0.3, -0.25) is 10.1 Å². The number of pyridine rings is 1. The van der Waals surface area contributed by atoms with Crippen molar-refractivity contribution in [2.24, 2.45) is 0 Å². The van der Waals surface area contributed by atoms with Gasteiger partial charge in [0.15, 0.2) is 0 Å². The summed E-state index contributed by atoms with van der Waals surface area (Å²) in [6.07, 6.45) is 1.20. The van der Waals surface area contributed by atoms with Crippen LogP contribution in [0.5, 0.6) is 0 Å². The number of nitrogens with one attached hydrogen (secondary N) is 1. The smallest absolute Gasteiger partial charge is 0.413 e. The first-order valence-corrected chi connectivity index (χ1v) is 5.93. The number of hydrogen-bond acceptors (Lipinski definition) is 4. The van der Waals surface area contributed by atoms with Crippen molar-refractivity contribution in [1.82, 2.24) is 4.98 Å². The van der Waals surface area contributed by atoms with Crippen LogP contribution in [0.3, 0.4) is 0 Å². The Morgan fingerprint density at radius 1 is 1.42 bits per heavy atom. The van der Waals surface area contributed by atoms with Crippen molar-refractivity contribution in [3.8, 4) is 0 Å². The topological polar surface area (TPSA) is 88.5 Å². The average Bonchev–Trinajstić information content (AvgIpc) is 2.25. The highest BCUT2D eigenvalue weighted by atomic mass is 16.6. The Bertz CT molecular complexity index is 466. The Labute approximate surface area is 111 Å². The number of ether oxygens (including phenoxy) is 1. The second kappa shape index (κ2) is 6.17. The van der Waals surface area contributed by atoms with E-state index in [1.54, 1.807) is 32.9 Å². The lowest BCUT2D eigenvalue weighted by Gasteiger charge is -2.20. The number of carboxylic acids is 1. The molecule has 1 amide bonds. The molecule has 0 atom stereocenters. The lowest BCUT2D eigenvalue weighted by Crippen LogP contribution is -2.27. The molecule has 19 heavy (non-hydrogen) atoms. The zero-order valence-corrected chi connectivity index (χ0v) is 11.3. The fourth-order valence-corrected chi connectivity index (χ4v) is 1.39. The van der Waals surface area contributed by atoms with Gasteiger partial charge in [-0.1, -0.05) is 6.07 Å². The summed E-state index contributed by atoms with van der Waals surface area (Å²) in [5, 5.41) is 11.2. The predicted octanol–water partition coefficient (Wildman–Crippen LogP) is 2.45. The first-order chi connectivity index (χ1) is 8.78. The van der Waals surface area contributed by atoms with Gasteiger partial charge in [0.2, 0.25) is 0 Å². The van der Waals surface area contributed by atoms with Crippen LogP contribution in [-0.4, -0.2) is 27.8 Å². The molecule has 1 aromatic heterocycles. The normalized spacial score (nSPS) is 10.9. The number of aliphatic carboxylic acids is 1. The number of aryl methyl sites for hydroxylation is 1. The van der Waals surface area contributed by atoms with Gasteiger partial charge in [0.05, 0.1) is 0 Å². The number of carboxylic acid groups (broad SMARTS) is 1. The molecule has 0 unspecified atom stereocenters. The van der Waals surface area contributed by atoms with E-state index in [1.807, 2.05) is 0 Å². The molecule has 104 valence electrons. The van der Waals surface area contributed by atoms with Crippen molar-refractivity contribution in [2.75, 3.05) is 5.32 Å². The fourth-order valence-electron chi connectivity index (χ4n) is 1.39. The van der Waals surface area contributed by atoms with E-state index in [9.17, 15) is 9.59 Å². The van der Waals surface area contributed by atoms with Gasteiger partial charge in [-0.25, -0.2) is 9.78 Å². The van der Waals surface area contributed by atoms with E-state index in [2.05, 4.69) is 10.3 Å². The van der Waals surface area contributed by atoms with Crippen LogP contribution in [0.25, 0.3) is 0 Å². The number of carbonyl (C=O) groups is 2. The highest BCUT2D eigenvalue weighted by Crippen LogP contribution is 2.15. The number of aromatic nitrogens is 1. The van der Waals surface area contributed by atoms with Crippen molar-refractivity contribution in [3.63, 3.8) is 0 Å². The summed E-state index contributed by atoms with van der Waals surface area (Å²) in [4.78, 5) is 26.2. The van der Waals surface area contributed by atoms with E-state index in [-0.39, 0.29) is 6.42 Å². The molecule has 0 radical (unpaired) electrons. The minimum atomic E-state index is -0.896. The molecule has 6 heteroatoms. The minimum Gasteiger partial charge on any atom is -0.481 e. The Hall–Kier alpha value is -2.11. The summed E-state index contributed by atoms with van der Waals surface area (Å²) in [5.74, 6) is -0.565. The lowest BCUT2D eigenvalue weighted by atomic mass is 10.1. The summed E-state index contributed by atoms with van der Waals surface area (Å²) >= 11 is 0. The Balaban J connectivity index is 2.72. The first kappa shape index (κ1) is 14.9. The zero-order valence-electron chi connectivity index (χ0n) is 11.3. The number of nitrogens with zero attached hydrogens (tertiary/aromatic N) is 1. The van der Waals surface area contributed by atoms with Crippen molar-refractivity contribution >= 4 is 17.9 Å². The number of anilines is 1. The highest BCUT2D eigenvalue weighted by molar-refractivity contribution is 5.84. The van der Waals surface area contributed by atoms with Gasteiger partial charge in [-0.05, 0) is 38.8 Å². The van der Waals surface area contributed by atoms with Gasteiger partial charge >= 0.3 is 12.1 Å². The number of hydrogen-bond donors (Lipinski definition) is 2. The van der Waals surface area contributed by atoms with Crippen LogP contribution in [0, 0.1) is 0 Å². The van der Waals surface area contributed by atoms with Gasteiger partial charge in [-0.2, -0.15) is 0 Å². The quantitative estimate of drug-likeness (QED) is 0.873. The van der Waals surface area contributed by atoms with Gasteiger partial charge in [0, 0.05) is 12.6 Å². The average molecular weight is 266 g/mol. The molecule has 0 aromatic carbocycles. The van der Waals surface area contributed by atoms with Gasteiger partial charge in [0.1, 0.15) is 11.4 Å². The van der Waals surface area contributed by atoms with Crippen molar-refractivity contribution in [3.05, 3.63) is 23.9 Å². The van der Waals surface area contributed by atoms with E-state index >= 15 is 0 Å². The van der Waals surface area contributed by atoms with Crippen LogP contribution in [0.15, 0.2) is 18.3 Å². The molecule has 0 aliphatic rings.